The minimum atomic E-state index is 0.814. The second kappa shape index (κ2) is 5.96. The van der Waals surface area contributed by atoms with E-state index >= 15 is 0 Å². The van der Waals surface area contributed by atoms with Gasteiger partial charge in [0.25, 0.3) is 0 Å². The first-order valence-electron chi connectivity index (χ1n) is 7.03. The van der Waals surface area contributed by atoms with Crippen molar-refractivity contribution in [3.8, 4) is 0 Å². The summed E-state index contributed by atoms with van der Waals surface area (Å²) >= 11 is 0. The average Bonchev–Trinajstić information content (AvgIpc) is 2.38. The second-order valence-electron chi connectivity index (χ2n) is 5.63. The molecule has 104 valence electrons. The van der Waals surface area contributed by atoms with Crippen molar-refractivity contribution in [3.05, 3.63) is 76.4 Å². The number of hydrogen-bond acceptors (Lipinski definition) is 1. The van der Waals surface area contributed by atoms with Crippen LogP contribution in [0.3, 0.4) is 0 Å². The lowest BCUT2D eigenvalue weighted by atomic mass is 10.0. The molecule has 1 heteroatoms. The number of hydrogen-bond donors (Lipinski definition) is 1. The van der Waals surface area contributed by atoms with E-state index in [-0.39, 0.29) is 0 Å². The first kappa shape index (κ1) is 14.4. The first-order chi connectivity index (χ1) is 9.45. The first-order valence-corrected chi connectivity index (χ1v) is 7.03. The van der Waals surface area contributed by atoms with Crippen LogP contribution in [0.5, 0.6) is 0 Å². The monoisotopic (exact) mass is 265 g/mol. The number of aryl methyl sites for hydroxylation is 4. The van der Waals surface area contributed by atoms with E-state index in [4.69, 9.17) is 0 Å². The summed E-state index contributed by atoms with van der Waals surface area (Å²) in [6.45, 7) is 13.5. The summed E-state index contributed by atoms with van der Waals surface area (Å²) in [5, 5.41) is 3.42. The molecule has 2 aromatic carbocycles. The summed E-state index contributed by atoms with van der Waals surface area (Å²) in [6, 6.07) is 13.1. The lowest BCUT2D eigenvalue weighted by Gasteiger charge is -2.12. The van der Waals surface area contributed by atoms with Crippen molar-refractivity contribution in [1.82, 2.24) is 5.32 Å². The van der Waals surface area contributed by atoms with Crippen molar-refractivity contribution in [2.75, 3.05) is 0 Å². The van der Waals surface area contributed by atoms with Gasteiger partial charge in [0.15, 0.2) is 0 Å². The van der Waals surface area contributed by atoms with Crippen molar-refractivity contribution in [2.45, 2.75) is 34.2 Å². The molecule has 0 spiro atoms. The van der Waals surface area contributed by atoms with E-state index in [0.29, 0.717) is 0 Å². The molecule has 0 fully saturated rings. The average molecular weight is 265 g/mol. The summed E-state index contributed by atoms with van der Waals surface area (Å²) in [4.78, 5) is 0. The number of rotatable bonds is 4. The standard InChI is InChI=1S/C19H23N/c1-13-8-14(2)10-18(9-13)12-20-17(5)19-7-6-15(3)16(4)11-19/h6-11,20H,5,12H2,1-4H3. The van der Waals surface area contributed by atoms with Gasteiger partial charge in [-0.15, -0.1) is 0 Å². The SMILES string of the molecule is C=C(NCc1cc(C)cc(C)c1)c1ccc(C)c(C)c1. The molecular formula is C19H23N. The van der Waals surface area contributed by atoms with Crippen LogP contribution in [0.25, 0.3) is 5.70 Å². The molecule has 0 saturated heterocycles. The third-order valence-corrected chi connectivity index (χ3v) is 3.64. The maximum atomic E-state index is 4.14. The van der Waals surface area contributed by atoms with Crippen LogP contribution in [0, 0.1) is 27.7 Å². The Morgan fingerprint density at radius 2 is 1.55 bits per heavy atom. The molecule has 1 nitrogen and oxygen atoms in total. The molecule has 0 aliphatic heterocycles. The van der Waals surface area contributed by atoms with Gasteiger partial charge in [0.2, 0.25) is 0 Å². The Kier molecular flexibility index (Phi) is 4.29. The molecule has 0 amide bonds. The lowest BCUT2D eigenvalue weighted by Crippen LogP contribution is -2.11. The van der Waals surface area contributed by atoms with Crippen molar-refractivity contribution in [3.63, 3.8) is 0 Å². The van der Waals surface area contributed by atoms with Crippen molar-refractivity contribution < 1.29 is 0 Å². The van der Waals surface area contributed by atoms with E-state index in [0.717, 1.165) is 17.8 Å². The molecule has 0 aliphatic rings. The topological polar surface area (TPSA) is 12.0 Å². The van der Waals surface area contributed by atoms with Gasteiger partial charge in [-0.1, -0.05) is 48.0 Å². The minimum Gasteiger partial charge on any atom is -0.381 e. The van der Waals surface area contributed by atoms with E-state index in [1.807, 2.05) is 0 Å². The molecule has 0 atom stereocenters. The summed E-state index contributed by atoms with van der Waals surface area (Å²) in [5.74, 6) is 0. The van der Waals surface area contributed by atoms with E-state index in [9.17, 15) is 0 Å². The highest BCUT2D eigenvalue weighted by molar-refractivity contribution is 5.62. The molecule has 0 heterocycles. The Morgan fingerprint density at radius 1 is 0.900 bits per heavy atom. The van der Waals surface area contributed by atoms with E-state index in [1.54, 1.807) is 0 Å². The van der Waals surface area contributed by atoms with Crippen LogP contribution in [0.2, 0.25) is 0 Å². The molecule has 0 radical (unpaired) electrons. The highest BCUT2D eigenvalue weighted by Gasteiger charge is 2.02. The summed E-state index contributed by atoms with van der Waals surface area (Å²) < 4.78 is 0. The van der Waals surface area contributed by atoms with Crippen LogP contribution in [0.4, 0.5) is 0 Å². The fourth-order valence-electron chi connectivity index (χ4n) is 2.41. The molecular weight excluding hydrogens is 242 g/mol. The maximum Gasteiger partial charge on any atom is 0.0400 e. The normalized spacial score (nSPS) is 10.4. The maximum absolute atomic E-state index is 4.14. The van der Waals surface area contributed by atoms with Gasteiger partial charge < -0.3 is 5.32 Å². The van der Waals surface area contributed by atoms with Crippen LogP contribution in [-0.2, 0) is 6.54 Å². The molecule has 0 aliphatic carbocycles. The number of benzene rings is 2. The van der Waals surface area contributed by atoms with E-state index in [1.165, 1.54) is 27.8 Å². The molecule has 2 aromatic rings. The quantitative estimate of drug-likeness (QED) is 0.846. The number of nitrogens with one attached hydrogen (secondary N) is 1. The minimum absolute atomic E-state index is 0.814. The van der Waals surface area contributed by atoms with Crippen LogP contribution in [0.1, 0.15) is 33.4 Å². The Hall–Kier alpha value is -2.02. The van der Waals surface area contributed by atoms with Crippen LogP contribution in [-0.4, -0.2) is 0 Å². The Labute approximate surface area is 122 Å². The van der Waals surface area contributed by atoms with Crippen molar-refractivity contribution >= 4 is 5.70 Å². The van der Waals surface area contributed by atoms with E-state index in [2.05, 4.69) is 76.0 Å². The third kappa shape index (κ3) is 3.51. The zero-order chi connectivity index (χ0) is 14.7. The molecule has 0 saturated carbocycles. The van der Waals surface area contributed by atoms with Gasteiger partial charge in [-0.2, -0.15) is 0 Å². The summed E-state index contributed by atoms with van der Waals surface area (Å²) in [6.07, 6.45) is 0. The zero-order valence-corrected chi connectivity index (χ0v) is 12.9. The van der Waals surface area contributed by atoms with Crippen molar-refractivity contribution in [2.24, 2.45) is 0 Å². The second-order valence-corrected chi connectivity index (χ2v) is 5.63. The molecule has 0 bridgehead atoms. The smallest absolute Gasteiger partial charge is 0.0400 e. The fraction of sp³-hybridized carbons (Fsp3) is 0.263. The van der Waals surface area contributed by atoms with Crippen LogP contribution in [0.15, 0.2) is 43.0 Å². The summed E-state index contributed by atoms with van der Waals surface area (Å²) in [7, 11) is 0. The molecule has 1 N–H and O–H groups in total. The predicted molar refractivity (Wildman–Crippen MR) is 87.7 cm³/mol. The highest BCUT2D eigenvalue weighted by Crippen LogP contribution is 2.16. The van der Waals surface area contributed by atoms with Gasteiger partial charge in [-0.3, -0.25) is 0 Å². The van der Waals surface area contributed by atoms with Crippen molar-refractivity contribution in [1.29, 1.82) is 0 Å². The lowest BCUT2D eigenvalue weighted by molar-refractivity contribution is 0.888. The fourth-order valence-corrected chi connectivity index (χ4v) is 2.41. The van der Waals surface area contributed by atoms with E-state index < -0.39 is 0 Å². The molecule has 0 aromatic heterocycles. The molecule has 0 unspecified atom stereocenters. The van der Waals surface area contributed by atoms with Crippen LogP contribution < -0.4 is 5.32 Å². The van der Waals surface area contributed by atoms with Gasteiger partial charge in [-0.25, -0.2) is 0 Å². The highest BCUT2D eigenvalue weighted by atomic mass is 14.9. The third-order valence-electron chi connectivity index (χ3n) is 3.64. The van der Waals surface area contributed by atoms with Gasteiger partial charge in [0.05, 0.1) is 0 Å². The van der Waals surface area contributed by atoms with Gasteiger partial charge in [-0.05, 0) is 56.0 Å². The summed E-state index contributed by atoms with van der Waals surface area (Å²) in [5.41, 5.74) is 8.67. The Balaban J connectivity index is 2.06. The predicted octanol–water partition coefficient (Wildman–Crippen LogP) is 4.68. The Morgan fingerprint density at radius 3 is 2.15 bits per heavy atom. The van der Waals surface area contributed by atoms with Gasteiger partial charge in [0.1, 0.15) is 0 Å². The Bertz CT molecular complexity index is 618. The van der Waals surface area contributed by atoms with Gasteiger partial charge >= 0.3 is 0 Å². The van der Waals surface area contributed by atoms with Crippen LogP contribution >= 0.6 is 0 Å². The zero-order valence-electron chi connectivity index (χ0n) is 12.9. The molecule has 20 heavy (non-hydrogen) atoms. The van der Waals surface area contributed by atoms with Gasteiger partial charge in [0, 0.05) is 12.2 Å². The molecule has 2 rings (SSSR count). The largest absolute Gasteiger partial charge is 0.381 e.